The number of anilines is 1. The molecule has 4 rings (SSSR count). The molecule has 1 aliphatic rings. The van der Waals surface area contributed by atoms with Crippen molar-refractivity contribution in [3.63, 3.8) is 0 Å². The molecule has 1 aromatic carbocycles. The SMILES string of the molecule is CC(Sc1nc(C(C)(C)C)nc2c1c(=O)n(C)c(=O)n2C)C(=O)Nc1ccc2c(c1)OCCO2. The quantitative estimate of drug-likeness (QED) is 0.442. The number of fused-ring (bicyclic) bond motifs is 2. The van der Waals surface area contributed by atoms with Gasteiger partial charge in [0.25, 0.3) is 5.56 Å². The molecule has 0 fully saturated rings. The Morgan fingerprint density at radius 1 is 1.09 bits per heavy atom. The van der Waals surface area contributed by atoms with Crippen LogP contribution in [-0.2, 0) is 24.3 Å². The number of nitrogens with zero attached hydrogens (tertiary/aromatic N) is 4. The molecule has 11 heteroatoms. The van der Waals surface area contributed by atoms with E-state index in [1.165, 1.54) is 11.6 Å². The van der Waals surface area contributed by atoms with Gasteiger partial charge in [0.05, 0.1) is 5.25 Å². The van der Waals surface area contributed by atoms with Crippen molar-refractivity contribution in [2.75, 3.05) is 18.5 Å². The van der Waals surface area contributed by atoms with Crippen molar-refractivity contribution in [2.24, 2.45) is 14.1 Å². The third-order valence-corrected chi connectivity index (χ3v) is 6.49. The summed E-state index contributed by atoms with van der Waals surface area (Å²) in [6.45, 7) is 8.50. The highest BCUT2D eigenvalue weighted by Gasteiger charge is 2.26. The summed E-state index contributed by atoms with van der Waals surface area (Å²) in [5.74, 6) is 1.42. The van der Waals surface area contributed by atoms with Crippen LogP contribution in [0.15, 0.2) is 32.8 Å². The Balaban J connectivity index is 1.69. The van der Waals surface area contributed by atoms with Crippen molar-refractivity contribution in [2.45, 2.75) is 43.4 Å². The van der Waals surface area contributed by atoms with E-state index in [0.717, 1.165) is 16.3 Å². The van der Waals surface area contributed by atoms with E-state index in [-0.39, 0.29) is 16.9 Å². The first kappa shape index (κ1) is 23.8. The van der Waals surface area contributed by atoms with E-state index in [4.69, 9.17) is 9.47 Å². The molecule has 1 atom stereocenters. The predicted molar refractivity (Wildman–Crippen MR) is 130 cm³/mol. The lowest BCUT2D eigenvalue weighted by Crippen LogP contribution is -2.38. The number of amides is 1. The third-order valence-electron chi connectivity index (χ3n) is 5.40. The van der Waals surface area contributed by atoms with Crippen molar-refractivity contribution < 1.29 is 14.3 Å². The average molecular weight is 486 g/mol. The fourth-order valence-corrected chi connectivity index (χ4v) is 4.37. The number of aromatic nitrogens is 4. The van der Waals surface area contributed by atoms with Crippen molar-refractivity contribution in [1.29, 1.82) is 0 Å². The zero-order valence-corrected chi connectivity index (χ0v) is 20.8. The Bertz CT molecular complexity index is 1410. The van der Waals surface area contributed by atoms with Crippen LogP contribution in [0.1, 0.15) is 33.5 Å². The van der Waals surface area contributed by atoms with Crippen LogP contribution in [-0.4, -0.2) is 43.5 Å². The van der Waals surface area contributed by atoms with Crippen molar-refractivity contribution in [3.05, 3.63) is 44.9 Å². The van der Waals surface area contributed by atoms with Crippen LogP contribution in [0, 0.1) is 0 Å². The number of rotatable bonds is 4. The first-order valence-corrected chi connectivity index (χ1v) is 11.7. The van der Waals surface area contributed by atoms with E-state index < -0.39 is 21.9 Å². The number of nitrogens with one attached hydrogen (secondary N) is 1. The number of carbonyl (C=O) groups excluding carboxylic acids is 1. The normalized spacial score (nSPS) is 14.2. The van der Waals surface area contributed by atoms with Crippen LogP contribution in [0.5, 0.6) is 11.5 Å². The van der Waals surface area contributed by atoms with E-state index in [2.05, 4.69) is 15.3 Å². The molecular weight excluding hydrogens is 458 g/mol. The maximum atomic E-state index is 13.0. The van der Waals surface area contributed by atoms with Crippen molar-refractivity contribution in [1.82, 2.24) is 19.1 Å². The molecule has 34 heavy (non-hydrogen) atoms. The molecule has 0 aliphatic carbocycles. The summed E-state index contributed by atoms with van der Waals surface area (Å²) in [5, 5.41) is 2.85. The summed E-state index contributed by atoms with van der Waals surface area (Å²) in [4.78, 5) is 47.6. The highest BCUT2D eigenvalue weighted by molar-refractivity contribution is 8.00. The first-order valence-electron chi connectivity index (χ1n) is 10.8. The summed E-state index contributed by atoms with van der Waals surface area (Å²) in [6.07, 6.45) is 0. The Kier molecular flexibility index (Phi) is 6.15. The van der Waals surface area contributed by atoms with E-state index in [9.17, 15) is 14.4 Å². The Labute approximate surface area is 200 Å². The van der Waals surface area contributed by atoms with Gasteiger partial charge < -0.3 is 14.8 Å². The second kappa shape index (κ2) is 8.79. The number of hydrogen-bond acceptors (Lipinski definition) is 8. The minimum absolute atomic E-state index is 0.210. The maximum absolute atomic E-state index is 13.0. The van der Waals surface area contributed by atoms with E-state index >= 15 is 0 Å². The fourth-order valence-electron chi connectivity index (χ4n) is 3.44. The van der Waals surface area contributed by atoms with E-state index in [1.54, 1.807) is 32.2 Å². The van der Waals surface area contributed by atoms with Crippen molar-refractivity contribution >= 4 is 34.4 Å². The second-order valence-electron chi connectivity index (χ2n) is 9.11. The zero-order valence-electron chi connectivity index (χ0n) is 20.0. The molecule has 180 valence electrons. The van der Waals surface area contributed by atoms with Gasteiger partial charge in [0.1, 0.15) is 29.5 Å². The summed E-state index contributed by atoms with van der Waals surface area (Å²) >= 11 is 1.15. The molecular formula is C23H27N5O5S. The van der Waals surface area contributed by atoms with Gasteiger partial charge in [0.15, 0.2) is 17.1 Å². The molecule has 3 heterocycles. The molecule has 0 spiro atoms. The third kappa shape index (κ3) is 4.39. The zero-order chi connectivity index (χ0) is 24.8. The van der Waals surface area contributed by atoms with Crippen LogP contribution >= 0.6 is 11.8 Å². The second-order valence-corrected chi connectivity index (χ2v) is 10.4. The van der Waals surface area contributed by atoms with Gasteiger partial charge >= 0.3 is 5.69 Å². The Morgan fingerprint density at radius 2 is 1.76 bits per heavy atom. The number of hydrogen-bond donors (Lipinski definition) is 1. The van der Waals surface area contributed by atoms with Gasteiger partial charge in [-0.1, -0.05) is 32.5 Å². The highest BCUT2D eigenvalue weighted by Crippen LogP contribution is 2.34. The Morgan fingerprint density at radius 3 is 2.44 bits per heavy atom. The van der Waals surface area contributed by atoms with Crippen LogP contribution in [0.25, 0.3) is 11.0 Å². The summed E-state index contributed by atoms with van der Waals surface area (Å²) < 4.78 is 13.4. The molecule has 0 radical (unpaired) electrons. The van der Waals surface area contributed by atoms with Gasteiger partial charge in [0, 0.05) is 31.3 Å². The van der Waals surface area contributed by atoms with Crippen LogP contribution < -0.4 is 26.0 Å². The molecule has 1 amide bonds. The van der Waals surface area contributed by atoms with Gasteiger partial charge in [-0.2, -0.15) is 0 Å². The van der Waals surface area contributed by atoms with Crippen molar-refractivity contribution in [3.8, 4) is 11.5 Å². The smallest absolute Gasteiger partial charge is 0.332 e. The summed E-state index contributed by atoms with van der Waals surface area (Å²) in [5.41, 5.74) is -0.591. The number of thioether (sulfide) groups is 1. The van der Waals surface area contributed by atoms with Gasteiger partial charge in [-0.3, -0.25) is 18.7 Å². The van der Waals surface area contributed by atoms with Crippen LogP contribution in [0.3, 0.4) is 0 Å². The average Bonchev–Trinajstić information content (AvgIpc) is 2.80. The number of aryl methyl sites for hydroxylation is 1. The lowest BCUT2D eigenvalue weighted by atomic mass is 9.96. The van der Waals surface area contributed by atoms with Gasteiger partial charge in [-0.15, -0.1) is 0 Å². The molecule has 10 nitrogen and oxygen atoms in total. The molecule has 1 unspecified atom stereocenters. The predicted octanol–water partition coefficient (Wildman–Crippen LogP) is 2.22. The molecule has 0 saturated heterocycles. The fraction of sp³-hybridized carbons (Fsp3) is 0.435. The number of benzene rings is 1. The lowest BCUT2D eigenvalue weighted by Gasteiger charge is -2.21. The molecule has 1 N–H and O–H groups in total. The lowest BCUT2D eigenvalue weighted by molar-refractivity contribution is -0.115. The number of carbonyl (C=O) groups is 1. The van der Waals surface area contributed by atoms with Crippen LogP contribution in [0.4, 0.5) is 5.69 Å². The molecule has 2 aromatic heterocycles. The minimum atomic E-state index is -0.596. The standard InChI is InChI=1S/C23H27N5O5S/c1-12(18(29)24-13-7-8-14-15(11-13)33-10-9-32-14)34-19-16-17(25-21(26-19)23(2,3)4)27(5)22(31)28(6)20(16)30/h7-8,11-12H,9-10H2,1-6H3,(H,24,29). The highest BCUT2D eigenvalue weighted by atomic mass is 32.2. The topological polar surface area (TPSA) is 117 Å². The van der Waals surface area contributed by atoms with Gasteiger partial charge in [-0.05, 0) is 19.1 Å². The van der Waals surface area contributed by atoms with E-state index in [0.29, 0.717) is 41.3 Å². The largest absolute Gasteiger partial charge is 0.486 e. The van der Waals surface area contributed by atoms with Gasteiger partial charge in [0.2, 0.25) is 5.91 Å². The molecule has 0 bridgehead atoms. The molecule has 0 saturated carbocycles. The Hall–Kier alpha value is -3.34. The van der Waals surface area contributed by atoms with Gasteiger partial charge in [-0.25, -0.2) is 14.8 Å². The maximum Gasteiger partial charge on any atom is 0.332 e. The number of ether oxygens (including phenoxy) is 2. The summed E-state index contributed by atoms with van der Waals surface area (Å²) in [6, 6.07) is 5.21. The van der Waals surface area contributed by atoms with E-state index in [1.807, 2.05) is 20.8 Å². The first-order chi connectivity index (χ1) is 16.0. The minimum Gasteiger partial charge on any atom is -0.486 e. The molecule has 3 aromatic rings. The van der Waals surface area contributed by atoms with Crippen LogP contribution in [0.2, 0.25) is 0 Å². The molecule has 1 aliphatic heterocycles. The monoisotopic (exact) mass is 485 g/mol. The summed E-state index contributed by atoms with van der Waals surface area (Å²) in [7, 11) is 2.98.